The second kappa shape index (κ2) is 9.04. The summed E-state index contributed by atoms with van der Waals surface area (Å²) < 4.78 is 0. The number of hydrogen-bond acceptors (Lipinski definition) is 3. The molecule has 0 saturated carbocycles. The van der Waals surface area contributed by atoms with E-state index in [9.17, 15) is 0 Å². The van der Waals surface area contributed by atoms with Gasteiger partial charge >= 0.3 is 0 Å². The molecule has 1 aromatic carbocycles. The van der Waals surface area contributed by atoms with E-state index in [1.807, 2.05) is 7.05 Å². The van der Waals surface area contributed by atoms with Gasteiger partial charge in [-0.3, -0.25) is 9.89 Å². The van der Waals surface area contributed by atoms with E-state index in [1.54, 1.807) is 0 Å². The first-order chi connectivity index (χ1) is 11.5. The zero-order chi connectivity index (χ0) is 17.4. The van der Waals surface area contributed by atoms with Crippen molar-refractivity contribution in [1.82, 2.24) is 20.4 Å². The highest BCUT2D eigenvalue weighted by Gasteiger charge is 2.19. The maximum atomic E-state index is 4.44. The fraction of sp³-hybridized carbons (Fsp3) is 0.632. The van der Waals surface area contributed by atoms with Gasteiger partial charge in [0.25, 0.3) is 0 Å². The van der Waals surface area contributed by atoms with Gasteiger partial charge in [0.1, 0.15) is 0 Å². The Hall–Kier alpha value is -1.59. The van der Waals surface area contributed by atoms with Crippen molar-refractivity contribution in [2.45, 2.75) is 32.9 Å². The Labute approximate surface area is 147 Å². The van der Waals surface area contributed by atoms with Crippen LogP contribution in [-0.4, -0.2) is 67.6 Å². The second-order valence-corrected chi connectivity index (χ2v) is 7.40. The summed E-state index contributed by atoms with van der Waals surface area (Å²) in [6, 6.07) is 10.7. The van der Waals surface area contributed by atoms with Crippen LogP contribution in [0.3, 0.4) is 0 Å². The van der Waals surface area contributed by atoms with Gasteiger partial charge in [0, 0.05) is 58.4 Å². The SMILES string of the molecule is CN=C(NCCNC(C)(C)C)N1CCN(Cc2ccccc2)CC1. The molecule has 0 radical (unpaired) electrons. The highest BCUT2D eigenvalue weighted by atomic mass is 15.3. The lowest BCUT2D eigenvalue weighted by Crippen LogP contribution is -2.53. The fourth-order valence-corrected chi connectivity index (χ4v) is 2.90. The molecule has 1 saturated heterocycles. The average Bonchev–Trinajstić information content (AvgIpc) is 2.56. The molecule has 1 heterocycles. The molecule has 1 aliphatic rings. The maximum Gasteiger partial charge on any atom is 0.193 e. The van der Waals surface area contributed by atoms with E-state index in [2.05, 4.69) is 76.5 Å². The second-order valence-electron chi connectivity index (χ2n) is 7.40. The highest BCUT2D eigenvalue weighted by molar-refractivity contribution is 5.80. The summed E-state index contributed by atoms with van der Waals surface area (Å²) in [7, 11) is 1.87. The van der Waals surface area contributed by atoms with Gasteiger partial charge in [0.15, 0.2) is 5.96 Å². The zero-order valence-electron chi connectivity index (χ0n) is 15.7. The smallest absolute Gasteiger partial charge is 0.193 e. The maximum absolute atomic E-state index is 4.44. The first-order valence-corrected chi connectivity index (χ1v) is 8.95. The molecule has 5 heteroatoms. The summed E-state index contributed by atoms with van der Waals surface area (Å²) in [5, 5.41) is 6.97. The van der Waals surface area contributed by atoms with E-state index in [-0.39, 0.29) is 5.54 Å². The summed E-state index contributed by atoms with van der Waals surface area (Å²) in [6.07, 6.45) is 0. The van der Waals surface area contributed by atoms with Gasteiger partial charge in [-0.15, -0.1) is 0 Å². The molecule has 1 fully saturated rings. The number of benzene rings is 1. The molecule has 0 amide bonds. The van der Waals surface area contributed by atoms with Gasteiger partial charge in [0.05, 0.1) is 0 Å². The van der Waals surface area contributed by atoms with Crippen LogP contribution in [0.5, 0.6) is 0 Å². The van der Waals surface area contributed by atoms with Crippen molar-refractivity contribution in [3.05, 3.63) is 35.9 Å². The molecule has 0 spiro atoms. The van der Waals surface area contributed by atoms with E-state index in [1.165, 1.54) is 5.56 Å². The van der Waals surface area contributed by atoms with Crippen LogP contribution < -0.4 is 10.6 Å². The molecule has 2 N–H and O–H groups in total. The monoisotopic (exact) mass is 331 g/mol. The molecule has 0 atom stereocenters. The van der Waals surface area contributed by atoms with Crippen LogP contribution in [-0.2, 0) is 6.54 Å². The van der Waals surface area contributed by atoms with Gasteiger partial charge in [0.2, 0.25) is 0 Å². The Morgan fingerprint density at radius 1 is 1.04 bits per heavy atom. The molecule has 0 aliphatic carbocycles. The van der Waals surface area contributed by atoms with Gasteiger partial charge in [-0.1, -0.05) is 30.3 Å². The molecule has 0 unspecified atom stereocenters. The van der Waals surface area contributed by atoms with E-state index in [0.717, 1.165) is 51.8 Å². The minimum atomic E-state index is 0.161. The molecule has 0 aromatic heterocycles. The molecular formula is C19H33N5. The van der Waals surface area contributed by atoms with Crippen LogP contribution in [0.25, 0.3) is 0 Å². The lowest BCUT2D eigenvalue weighted by molar-refractivity contribution is 0.172. The topological polar surface area (TPSA) is 42.9 Å². The lowest BCUT2D eigenvalue weighted by atomic mass is 10.1. The van der Waals surface area contributed by atoms with Crippen LogP contribution in [0, 0.1) is 0 Å². The molecule has 1 aromatic rings. The highest BCUT2D eigenvalue weighted by Crippen LogP contribution is 2.08. The Balaban J connectivity index is 1.71. The number of guanidine groups is 1. The first kappa shape index (κ1) is 18.7. The van der Waals surface area contributed by atoms with Crippen LogP contribution in [0.4, 0.5) is 0 Å². The van der Waals surface area contributed by atoms with E-state index in [0.29, 0.717) is 0 Å². The number of hydrogen-bond donors (Lipinski definition) is 2. The minimum Gasteiger partial charge on any atom is -0.355 e. The minimum absolute atomic E-state index is 0.161. The van der Waals surface area contributed by atoms with Gasteiger partial charge in [-0.25, -0.2) is 0 Å². The lowest BCUT2D eigenvalue weighted by Gasteiger charge is -2.36. The predicted octanol–water partition coefficient (Wildman–Crippen LogP) is 1.77. The van der Waals surface area contributed by atoms with Crippen molar-refractivity contribution < 1.29 is 0 Å². The summed E-state index contributed by atoms with van der Waals surface area (Å²) >= 11 is 0. The fourth-order valence-electron chi connectivity index (χ4n) is 2.90. The van der Waals surface area contributed by atoms with Gasteiger partial charge in [-0.2, -0.15) is 0 Å². The molecule has 134 valence electrons. The van der Waals surface area contributed by atoms with Crippen molar-refractivity contribution in [3.8, 4) is 0 Å². The number of nitrogens with one attached hydrogen (secondary N) is 2. The summed E-state index contributed by atoms with van der Waals surface area (Å²) in [4.78, 5) is 9.31. The molecule has 1 aliphatic heterocycles. The predicted molar refractivity (Wildman–Crippen MR) is 102 cm³/mol. The summed E-state index contributed by atoms with van der Waals surface area (Å²) in [6.45, 7) is 13.7. The standard InChI is InChI=1S/C19H33N5/c1-19(2,3)22-11-10-21-18(20-4)24-14-12-23(13-15-24)16-17-8-6-5-7-9-17/h5-9,22H,10-16H2,1-4H3,(H,20,21). The molecule has 2 rings (SSSR count). The number of aliphatic imine (C=N–C) groups is 1. The summed E-state index contributed by atoms with van der Waals surface area (Å²) in [5.74, 6) is 1.02. The van der Waals surface area contributed by atoms with E-state index < -0.39 is 0 Å². The Kier molecular flexibility index (Phi) is 7.06. The third-order valence-corrected chi connectivity index (χ3v) is 4.20. The number of rotatable bonds is 5. The molecule has 5 nitrogen and oxygen atoms in total. The summed E-state index contributed by atoms with van der Waals surface area (Å²) in [5.41, 5.74) is 1.55. The van der Waals surface area contributed by atoms with Crippen LogP contribution in [0.15, 0.2) is 35.3 Å². The quantitative estimate of drug-likeness (QED) is 0.490. The van der Waals surface area contributed by atoms with Crippen LogP contribution >= 0.6 is 0 Å². The Morgan fingerprint density at radius 3 is 2.29 bits per heavy atom. The normalized spacial score (nSPS) is 17.2. The van der Waals surface area contributed by atoms with Crippen molar-refractivity contribution in [3.63, 3.8) is 0 Å². The largest absolute Gasteiger partial charge is 0.355 e. The molecular weight excluding hydrogens is 298 g/mol. The molecule has 0 bridgehead atoms. The third-order valence-electron chi connectivity index (χ3n) is 4.20. The Bertz CT molecular complexity index is 498. The zero-order valence-corrected chi connectivity index (χ0v) is 15.7. The van der Waals surface area contributed by atoms with E-state index in [4.69, 9.17) is 0 Å². The van der Waals surface area contributed by atoms with Crippen LogP contribution in [0.2, 0.25) is 0 Å². The van der Waals surface area contributed by atoms with Crippen LogP contribution in [0.1, 0.15) is 26.3 Å². The first-order valence-electron chi connectivity index (χ1n) is 8.95. The average molecular weight is 332 g/mol. The Morgan fingerprint density at radius 2 is 1.71 bits per heavy atom. The van der Waals surface area contributed by atoms with Gasteiger partial charge in [-0.05, 0) is 26.3 Å². The van der Waals surface area contributed by atoms with E-state index >= 15 is 0 Å². The van der Waals surface area contributed by atoms with Crippen molar-refractivity contribution in [2.75, 3.05) is 46.3 Å². The molecule has 24 heavy (non-hydrogen) atoms. The van der Waals surface area contributed by atoms with Gasteiger partial charge < -0.3 is 15.5 Å². The number of piperazine rings is 1. The van der Waals surface area contributed by atoms with Crippen molar-refractivity contribution in [1.29, 1.82) is 0 Å². The van der Waals surface area contributed by atoms with Crippen molar-refractivity contribution >= 4 is 5.96 Å². The van der Waals surface area contributed by atoms with Crippen molar-refractivity contribution in [2.24, 2.45) is 4.99 Å². The third kappa shape index (κ3) is 6.49. The number of nitrogens with zero attached hydrogens (tertiary/aromatic N) is 3.